The quantitative estimate of drug-likeness (QED) is 0.594. The molecule has 0 saturated carbocycles. The van der Waals surface area contributed by atoms with E-state index in [9.17, 15) is 23.3 Å². The number of aromatic amines is 1. The number of nitro benzene ring substituents is 1. The fourth-order valence-electron chi connectivity index (χ4n) is 1.42. The van der Waals surface area contributed by atoms with Gasteiger partial charge in [-0.05, 0) is 6.07 Å². The van der Waals surface area contributed by atoms with Gasteiger partial charge in [-0.2, -0.15) is 13.2 Å². The summed E-state index contributed by atoms with van der Waals surface area (Å²) in [7, 11) is 0. The van der Waals surface area contributed by atoms with Gasteiger partial charge >= 0.3 is 6.18 Å². The molecule has 0 unspecified atom stereocenters. The van der Waals surface area contributed by atoms with Crippen molar-refractivity contribution in [1.29, 1.82) is 0 Å². The van der Waals surface area contributed by atoms with Gasteiger partial charge in [0.25, 0.3) is 5.69 Å². The van der Waals surface area contributed by atoms with Gasteiger partial charge in [-0.25, -0.2) is 4.98 Å². The third-order valence-electron chi connectivity index (χ3n) is 2.11. The minimum Gasteiger partial charge on any atom is -0.369 e. The molecular weight excluding hydrogens is 241 g/mol. The molecule has 9 heteroatoms. The smallest absolute Gasteiger partial charge is 0.369 e. The SMILES string of the molecule is Nc1nc2c([N+](=O)[O-])cc(C(F)(F)F)cc2[nH]1. The Kier molecular flexibility index (Phi) is 2.19. The van der Waals surface area contributed by atoms with Crippen LogP contribution in [0.3, 0.4) is 0 Å². The number of aromatic nitrogens is 2. The predicted molar refractivity (Wildman–Crippen MR) is 52.2 cm³/mol. The third-order valence-corrected chi connectivity index (χ3v) is 2.11. The summed E-state index contributed by atoms with van der Waals surface area (Å²) in [6.07, 6.45) is -4.67. The first-order chi connectivity index (χ1) is 7.79. The molecule has 1 heterocycles. The lowest BCUT2D eigenvalue weighted by Gasteiger charge is -2.05. The Balaban J connectivity index is 2.80. The van der Waals surface area contributed by atoms with Crippen LogP contribution in [0.1, 0.15) is 5.56 Å². The van der Waals surface area contributed by atoms with Gasteiger partial charge in [0.15, 0.2) is 11.5 Å². The number of nitrogens with zero attached hydrogens (tertiary/aromatic N) is 2. The summed E-state index contributed by atoms with van der Waals surface area (Å²) in [5, 5.41) is 10.6. The van der Waals surface area contributed by atoms with E-state index >= 15 is 0 Å². The maximum Gasteiger partial charge on any atom is 0.416 e. The zero-order valence-electron chi connectivity index (χ0n) is 8.08. The lowest BCUT2D eigenvalue weighted by Crippen LogP contribution is -2.05. The lowest BCUT2D eigenvalue weighted by atomic mass is 10.1. The van der Waals surface area contributed by atoms with Crippen LogP contribution in [0.4, 0.5) is 24.8 Å². The molecule has 17 heavy (non-hydrogen) atoms. The van der Waals surface area contributed by atoms with Crippen LogP contribution in [-0.4, -0.2) is 14.9 Å². The molecule has 0 aliphatic heterocycles. The van der Waals surface area contributed by atoms with E-state index in [0.29, 0.717) is 6.07 Å². The number of nitro groups is 1. The number of imidazole rings is 1. The maximum atomic E-state index is 12.5. The number of rotatable bonds is 1. The third kappa shape index (κ3) is 1.86. The Morgan fingerprint density at radius 2 is 2.06 bits per heavy atom. The number of hydrogen-bond donors (Lipinski definition) is 2. The summed E-state index contributed by atoms with van der Waals surface area (Å²) >= 11 is 0. The van der Waals surface area contributed by atoms with Crippen LogP contribution in [0.2, 0.25) is 0 Å². The highest BCUT2D eigenvalue weighted by Crippen LogP contribution is 2.35. The van der Waals surface area contributed by atoms with Crippen molar-refractivity contribution in [2.75, 3.05) is 5.73 Å². The molecule has 0 saturated heterocycles. The first-order valence-electron chi connectivity index (χ1n) is 4.30. The van der Waals surface area contributed by atoms with E-state index in [1.807, 2.05) is 0 Å². The van der Waals surface area contributed by atoms with E-state index in [-0.39, 0.29) is 17.0 Å². The molecule has 0 radical (unpaired) electrons. The van der Waals surface area contributed by atoms with Gasteiger partial charge in [-0.3, -0.25) is 10.1 Å². The van der Waals surface area contributed by atoms with E-state index in [2.05, 4.69) is 9.97 Å². The summed E-state index contributed by atoms with van der Waals surface area (Å²) < 4.78 is 37.4. The van der Waals surface area contributed by atoms with Crippen LogP contribution >= 0.6 is 0 Å². The summed E-state index contributed by atoms with van der Waals surface area (Å²) in [6, 6.07) is 1.16. The summed E-state index contributed by atoms with van der Waals surface area (Å²) in [5.41, 5.74) is 3.07. The van der Waals surface area contributed by atoms with Crippen LogP contribution in [-0.2, 0) is 6.18 Å². The number of non-ortho nitro benzene ring substituents is 1. The Hall–Kier alpha value is -2.32. The highest BCUT2D eigenvalue weighted by atomic mass is 19.4. The van der Waals surface area contributed by atoms with Crippen molar-refractivity contribution in [3.8, 4) is 0 Å². The van der Waals surface area contributed by atoms with Crippen molar-refractivity contribution in [2.24, 2.45) is 0 Å². The van der Waals surface area contributed by atoms with Crippen LogP contribution < -0.4 is 5.73 Å². The van der Waals surface area contributed by atoms with E-state index in [1.165, 1.54) is 0 Å². The van der Waals surface area contributed by atoms with Crippen molar-refractivity contribution < 1.29 is 18.1 Å². The number of alkyl halides is 3. The molecule has 1 aromatic heterocycles. The van der Waals surface area contributed by atoms with Crippen molar-refractivity contribution in [1.82, 2.24) is 9.97 Å². The minimum atomic E-state index is -4.67. The van der Waals surface area contributed by atoms with Gasteiger partial charge < -0.3 is 10.7 Å². The fourth-order valence-corrected chi connectivity index (χ4v) is 1.42. The number of H-pyrrole nitrogens is 1. The van der Waals surface area contributed by atoms with Crippen molar-refractivity contribution in [2.45, 2.75) is 6.18 Å². The summed E-state index contributed by atoms with van der Waals surface area (Å²) in [4.78, 5) is 15.6. The van der Waals surface area contributed by atoms with E-state index < -0.39 is 22.4 Å². The molecule has 0 bridgehead atoms. The Morgan fingerprint density at radius 3 is 2.59 bits per heavy atom. The van der Waals surface area contributed by atoms with Crippen LogP contribution in [0.5, 0.6) is 0 Å². The molecule has 0 spiro atoms. The van der Waals surface area contributed by atoms with Gasteiger partial charge in [-0.15, -0.1) is 0 Å². The summed E-state index contributed by atoms with van der Waals surface area (Å²) in [6.45, 7) is 0. The molecule has 2 aromatic rings. The van der Waals surface area contributed by atoms with Gasteiger partial charge in [0.1, 0.15) is 0 Å². The number of nitrogens with one attached hydrogen (secondary N) is 1. The predicted octanol–water partition coefficient (Wildman–Crippen LogP) is 2.07. The van der Waals surface area contributed by atoms with E-state index in [4.69, 9.17) is 5.73 Å². The van der Waals surface area contributed by atoms with Gasteiger partial charge in [0.05, 0.1) is 16.0 Å². The zero-order chi connectivity index (χ0) is 12.8. The topological polar surface area (TPSA) is 97.8 Å². The number of halogens is 3. The van der Waals surface area contributed by atoms with E-state index in [0.717, 1.165) is 6.07 Å². The lowest BCUT2D eigenvalue weighted by molar-refractivity contribution is -0.383. The van der Waals surface area contributed by atoms with Crippen LogP contribution in [0.25, 0.3) is 11.0 Å². The number of nitrogens with two attached hydrogens (primary N) is 1. The van der Waals surface area contributed by atoms with Gasteiger partial charge in [0.2, 0.25) is 0 Å². The molecule has 1 aromatic carbocycles. The number of anilines is 1. The molecular formula is C8H5F3N4O2. The van der Waals surface area contributed by atoms with E-state index in [1.54, 1.807) is 0 Å². The standard InChI is InChI=1S/C8H5F3N4O2/c9-8(10,11)3-1-4-6(14-7(12)13-4)5(2-3)15(16)17/h1-2H,(H3,12,13,14). The molecule has 0 amide bonds. The molecule has 0 atom stereocenters. The van der Waals surface area contributed by atoms with Crippen molar-refractivity contribution >= 4 is 22.7 Å². The normalized spacial score (nSPS) is 11.9. The van der Waals surface area contributed by atoms with Crippen molar-refractivity contribution in [3.63, 3.8) is 0 Å². The average molecular weight is 246 g/mol. The second-order valence-electron chi connectivity index (χ2n) is 3.27. The second-order valence-corrected chi connectivity index (χ2v) is 3.27. The zero-order valence-corrected chi connectivity index (χ0v) is 8.08. The highest BCUT2D eigenvalue weighted by Gasteiger charge is 2.34. The van der Waals surface area contributed by atoms with Gasteiger partial charge in [0, 0.05) is 6.07 Å². The number of benzene rings is 1. The second kappa shape index (κ2) is 3.34. The largest absolute Gasteiger partial charge is 0.416 e. The molecule has 2 rings (SSSR count). The Morgan fingerprint density at radius 1 is 1.41 bits per heavy atom. The fraction of sp³-hybridized carbons (Fsp3) is 0.125. The molecule has 90 valence electrons. The number of fused-ring (bicyclic) bond motifs is 1. The van der Waals surface area contributed by atoms with Gasteiger partial charge in [-0.1, -0.05) is 0 Å². The molecule has 0 fully saturated rings. The molecule has 3 N–H and O–H groups in total. The number of nitrogen functional groups attached to an aromatic ring is 1. The molecule has 6 nitrogen and oxygen atoms in total. The summed E-state index contributed by atoms with van der Waals surface area (Å²) in [5.74, 6) is -0.178. The Labute approximate surface area is 91.4 Å². The average Bonchev–Trinajstić information content (AvgIpc) is 2.54. The monoisotopic (exact) mass is 246 g/mol. The van der Waals surface area contributed by atoms with Crippen LogP contribution in [0, 0.1) is 10.1 Å². The first kappa shape index (κ1) is 11.2. The first-order valence-corrected chi connectivity index (χ1v) is 4.30. The Bertz CT molecular complexity index is 605. The number of hydrogen-bond acceptors (Lipinski definition) is 4. The molecule has 0 aliphatic rings. The van der Waals surface area contributed by atoms with Crippen LogP contribution in [0.15, 0.2) is 12.1 Å². The minimum absolute atomic E-state index is 0.121. The van der Waals surface area contributed by atoms with Crippen molar-refractivity contribution in [3.05, 3.63) is 27.8 Å². The molecule has 0 aliphatic carbocycles. The highest BCUT2D eigenvalue weighted by molar-refractivity contribution is 5.87. The maximum absolute atomic E-state index is 12.5.